The van der Waals surface area contributed by atoms with E-state index in [1.165, 1.54) is 0 Å². The summed E-state index contributed by atoms with van der Waals surface area (Å²) in [4.78, 5) is 11.9. The topological polar surface area (TPSA) is 204 Å². The van der Waals surface area contributed by atoms with Gasteiger partial charge in [0.25, 0.3) is 5.88 Å². The molecule has 0 bridgehead atoms. The van der Waals surface area contributed by atoms with Gasteiger partial charge in [-0.2, -0.15) is 0 Å². The lowest BCUT2D eigenvalue weighted by Crippen LogP contribution is -2.51. The minimum atomic E-state index is -0.228. The summed E-state index contributed by atoms with van der Waals surface area (Å²) in [6.07, 6.45) is 12.3. The maximum absolute atomic E-state index is 6.52. The zero-order chi connectivity index (χ0) is 48.3. The minimum Gasteiger partial charge on any atom is -0.487 e. The second-order valence-electron chi connectivity index (χ2n) is 17.0. The molecule has 0 spiro atoms. The molecule has 2 aliphatic rings. The van der Waals surface area contributed by atoms with Crippen LogP contribution >= 0.6 is 11.6 Å². The Hall–Kier alpha value is -4.13. The van der Waals surface area contributed by atoms with Crippen molar-refractivity contribution in [2.24, 2.45) is 0 Å². The van der Waals surface area contributed by atoms with Gasteiger partial charge in [0.15, 0.2) is 0 Å². The zero-order valence-corrected chi connectivity index (χ0v) is 41.5. The highest BCUT2D eigenvalue weighted by atomic mass is 35.5. The molecule has 6 rings (SSSR count). The number of hydrogen-bond donors (Lipinski definition) is 1. The third-order valence-electron chi connectivity index (χ3n) is 11.4. The quantitative estimate of drug-likeness (QED) is 0.0580. The maximum Gasteiger partial charge on any atom is 0.256 e. The van der Waals surface area contributed by atoms with Gasteiger partial charge in [-0.1, -0.05) is 17.7 Å². The van der Waals surface area contributed by atoms with Crippen molar-refractivity contribution in [3.8, 4) is 22.8 Å². The summed E-state index contributed by atoms with van der Waals surface area (Å²) in [7, 11) is 1.65. The first kappa shape index (κ1) is 54.2. The molecule has 1 aliphatic heterocycles. The number of tetrazole rings is 1. The van der Waals surface area contributed by atoms with Crippen LogP contribution in [0.3, 0.4) is 0 Å². The predicted octanol–water partition coefficient (Wildman–Crippen LogP) is 5.32. The summed E-state index contributed by atoms with van der Waals surface area (Å²) < 4.78 is 65.9. The molecule has 22 heteroatoms. The van der Waals surface area contributed by atoms with Crippen molar-refractivity contribution in [1.82, 2.24) is 44.9 Å². The maximum atomic E-state index is 6.52. The molecule has 0 amide bonds. The normalized spacial score (nSPS) is 19.2. The lowest BCUT2D eigenvalue weighted by Gasteiger charge is -2.42. The van der Waals surface area contributed by atoms with Gasteiger partial charge in [0.05, 0.1) is 135 Å². The van der Waals surface area contributed by atoms with Crippen LogP contribution in [0.2, 0.25) is 5.02 Å². The van der Waals surface area contributed by atoms with Gasteiger partial charge < -0.3 is 57.4 Å². The summed E-state index contributed by atoms with van der Waals surface area (Å²) in [5, 5.41) is 20.1. The second kappa shape index (κ2) is 31.3. The van der Waals surface area contributed by atoms with Crippen LogP contribution in [-0.2, 0) is 49.2 Å². The van der Waals surface area contributed by atoms with E-state index in [4.69, 9.17) is 68.8 Å². The fraction of sp³-hybridized carbons (Fsp3) is 0.702. The average Bonchev–Trinajstić information content (AvgIpc) is 4.02. The Labute approximate surface area is 411 Å². The van der Waals surface area contributed by atoms with E-state index in [-0.39, 0.29) is 24.4 Å². The fourth-order valence-corrected chi connectivity index (χ4v) is 8.23. The molecule has 384 valence electrons. The highest BCUT2D eigenvalue weighted by molar-refractivity contribution is 6.32. The van der Waals surface area contributed by atoms with Crippen molar-refractivity contribution in [2.75, 3.05) is 131 Å². The summed E-state index contributed by atoms with van der Waals surface area (Å²) in [6, 6.07) is 6.40. The largest absolute Gasteiger partial charge is 0.487 e. The molecule has 2 fully saturated rings. The van der Waals surface area contributed by atoms with Crippen molar-refractivity contribution in [3.63, 3.8) is 0 Å². The summed E-state index contributed by atoms with van der Waals surface area (Å²) >= 11 is 6.52. The zero-order valence-electron chi connectivity index (χ0n) is 40.8. The molecule has 3 atom stereocenters. The standard InChI is InChI=1S/C47H73ClN10O11/c1-36-31-56(32-37(2)68-36)41-7-9-42(10-8-41)58-34-44(52-47-49-29-40(30-50-47)39-6-11-43(48)45(28-39)69-38(3)33-57-35-51-54-55-57)46(53-58)67-13-5-12-60-16-17-62-20-21-64-24-25-66-27-26-65-23-22-63-19-18-61-15-14-59-4/h6,11,28-30,34-38,41-42H,5,7-10,12-27,31-33H2,1-4H3,(H,49,50,52)/t36-,37+,38-,41-,42-/m0/s1. The van der Waals surface area contributed by atoms with E-state index >= 15 is 0 Å². The fourth-order valence-electron chi connectivity index (χ4n) is 8.07. The third-order valence-corrected chi connectivity index (χ3v) is 11.7. The van der Waals surface area contributed by atoms with E-state index in [1.807, 2.05) is 29.9 Å². The number of morpholine rings is 1. The van der Waals surface area contributed by atoms with E-state index in [9.17, 15) is 0 Å². The SMILES string of the molecule is COCCOCCOCCOCCOCCOCCOCCOCCCOc1nn([C@H]2CC[C@H](N3C[C@@H](C)O[C@@H](C)C3)CC2)cc1Nc1ncc(-c2ccc(Cl)c(O[C@@H](C)Cn3cnnn3)c2)cn1. The van der Waals surface area contributed by atoms with E-state index in [0.717, 1.165) is 49.9 Å². The number of aromatic nitrogens is 8. The molecule has 3 aromatic heterocycles. The molecule has 1 saturated carbocycles. The van der Waals surface area contributed by atoms with Crippen molar-refractivity contribution < 1.29 is 52.1 Å². The Kier molecular flexibility index (Phi) is 24.6. The van der Waals surface area contributed by atoms with Gasteiger partial charge in [-0.15, -0.1) is 10.2 Å². The van der Waals surface area contributed by atoms with E-state index in [1.54, 1.807) is 36.6 Å². The number of rotatable bonds is 35. The Morgan fingerprint density at radius 2 is 1.29 bits per heavy atom. The van der Waals surface area contributed by atoms with Crippen LogP contribution in [0.5, 0.6) is 11.6 Å². The monoisotopic (exact) mass is 989 g/mol. The van der Waals surface area contributed by atoms with Gasteiger partial charge in [-0.05, 0) is 74.6 Å². The number of hydrogen-bond acceptors (Lipinski definition) is 19. The molecule has 4 heterocycles. The smallest absolute Gasteiger partial charge is 0.256 e. The first-order valence-electron chi connectivity index (χ1n) is 24.3. The molecule has 0 unspecified atom stereocenters. The van der Waals surface area contributed by atoms with Gasteiger partial charge in [0, 0.05) is 57.2 Å². The van der Waals surface area contributed by atoms with Crippen molar-refractivity contribution in [2.45, 2.75) is 89.8 Å². The van der Waals surface area contributed by atoms with Crippen LogP contribution in [-0.4, -0.2) is 195 Å². The first-order chi connectivity index (χ1) is 33.8. The first-order valence-corrected chi connectivity index (χ1v) is 24.6. The summed E-state index contributed by atoms with van der Waals surface area (Å²) in [6.45, 7) is 16.8. The molecule has 1 N–H and O–H groups in total. The van der Waals surface area contributed by atoms with E-state index in [0.29, 0.717) is 153 Å². The highest BCUT2D eigenvalue weighted by Gasteiger charge is 2.32. The van der Waals surface area contributed by atoms with Crippen LogP contribution in [0.4, 0.5) is 11.6 Å². The van der Waals surface area contributed by atoms with Gasteiger partial charge in [0.1, 0.15) is 23.9 Å². The highest BCUT2D eigenvalue weighted by Crippen LogP contribution is 2.36. The van der Waals surface area contributed by atoms with Crippen LogP contribution in [0.15, 0.2) is 43.1 Å². The number of ether oxygens (including phenoxy) is 11. The van der Waals surface area contributed by atoms with Gasteiger partial charge >= 0.3 is 0 Å². The molecular formula is C47H73ClN10O11. The van der Waals surface area contributed by atoms with Crippen molar-refractivity contribution in [1.29, 1.82) is 0 Å². The van der Waals surface area contributed by atoms with E-state index in [2.05, 4.69) is 49.6 Å². The van der Waals surface area contributed by atoms with Crippen LogP contribution < -0.4 is 14.8 Å². The van der Waals surface area contributed by atoms with Gasteiger partial charge in [0.2, 0.25) is 5.95 Å². The Morgan fingerprint density at radius 3 is 1.86 bits per heavy atom. The number of anilines is 2. The molecule has 21 nitrogen and oxygen atoms in total. The Morgan fingerprint density at radius 1 is 0.725 bits per heavy atom. The molecule has 1 aromatic carbocycles. The molecular weight excluding hydrogens is 916 g/mol. The number of methoxy groups -OCH3 is 1. The van der Waals surface area contributed by atoms with Crippen molar-refractivity contribution >= 4 is 23.2 Å². The Balaban J connectivity index is 0.888. The molecule has 1 aliphatic carbocycles. The van der Waals surface area contributed by atoms with Gasteiger partial charge in [-0.25, -0.2) is 14.6 Å². The lowest BCUT2D eigenvalue weighted by molar-refractivity contribution is -0.0852. The predicted molar refractivity (Wildman–Crippen MR) is 256 cm³/mol. The summed E-state index contributed by atoms with van der Waals surface area (Å²) in [5.74, 6) is 1.46. The third kappa shape index (κ3) is 19.9. The second-order valence-corrected chi connectivity index (χ2v) is 17.4. The molecule has 1 saturated heterocycles. The number of nitrogens with one attached hydrogen (secondary N) is 1. The molecule has 69 heavy (non-hydrogen) atoms. The van der Waals surface area contributed by atoms with Crippen LogP contribution in [0, 0.1) is 0 Å². The Bertz CT molecular complexity index is 1950. The van der Waals surface area contributed by atoms with Crippen molar-refractivity contribution in [3.05, 3.63) is 48.1 Å². The number of benzene rings is 1. The molecule has 4 aromatic rings. The number of nitrogens with zero attached hydrogens (tertiary/aromatic N) is 9. The van der Waals surface area contributed by atoms with E-state index < -0.39 is 0 Å². The summed E-state index contributed by atoms with van der Waals surface area (Å²) in [5.41, 5.74) is 2.36. The molecule has 0 radical (unpaired) electrons. The average molecular weight is 990 g/mol. The number of halogens is 1. The van der Waals surface area contributed by atoms with Gasteiger partial charge in [-0.3, -0.25) is 9.58 Å². The van der Waals surface area contributed by atoms with Crippen LogP contribution in [0.1, 0.15) is 58.9 Å². The van der Waals surface area contributed by atoms with Crippen LogP contribution in [0.25, 0.3) is 11.1 Å². The minimum absolute atomic E-state index is 0.228. The lowest BCUT2D eigenvalue weighted by atomic mass is 9.89.